The van der Waals surface area contributed by atoms with Crippen LogP contribution in [0.5, 0.6) is 0 Å². The van der Waals surface area contributed by atoms with Crippen LogP contribution in [0, 0.1) is 0 Å². The van der Waals surface area contributed by atoms with Crippen LogP contribution in [0.2, 0.25) is 5.15 Å². The molecule has 1 amide bonds. The molecule has 1 saturated heterocycles. The number of thiophene rings is 1. The van der Waals surface area contributed by atoms with Gasteiger partial charge in [0.15, 0.2) is 0 Å². The Balaban J connectivity index is 1.89. The molecule has 0 radical (unpaired) electrons. The summed E-state index contributed by atoms with van der Waals surface area (Å²) in [6.07, 6.45) is 2.85. The average Bonchev–Trinajstić information content (AvgIpc) is 3.16. The molecule has 1 unspecified atom stereocenters. The summed E-state index contributed by atoms with van der Waals surface area (Å²) in [6, 6.07) is 5.84. The van der Waals surface area contributed by atoms with E-state index in [2.05, 4.69) is 21.8 Å². The molecule has 21 heavy (non-hydrogen) atoms. The predicted molar refractivity (Wildman–Crippen MR) is 86.0 cm³/mol. The number of aryl methyl sites for hydroxylation is 1. The number of amides is 1. The molecule has 3 heterocycles. The lowest BCUT2D eigenvalue weighted by Gasteiger charge is -2.24. The minimum atomic E-state index is 0.0581. The molecule has 3 rings (SSSR count). The number of carbonyl (C=O) groups is 1. The Hall–Kier alpha value is -1.39. The van der Waals surface area contributed by atoms with Crippen LogP contribution in [0.1, 0.15) is 47.4 Å². The number of hydrogen-bond donors (Lipinski definition) is 0. The second-order valence-corrected chi connectivity index (χ2v) is 6.40. The van der Waals surface area contributed by atoms with Crippen molar-refractivity contribution >= 4 is 28.8 Å². The Morgan fingerprint density at radius 3 is 3.10 bits per heavy atom. The zero-order valence-corrected chi connectivity index (χ0v) is 13.5. The maximum atomic E-state index is 12.8. The first-order valence-electron chi connectivity index (χ1n) is 7.18. The molecule has 0 aliphatic carbocycles. The quantitative estimate of drug-likeness (QED) is 0.788. The molecule has 3 nitrogen and oxygen atoms in total. The summed E-state index contributed by atoms with van der Waals surface area (Å²) in [5.41, 5.74) is 2.74. The van der Waals surface area contributed by atoms with Crippen LogP contribution >= 0.6 is 22.9 Å². The number of hydrogen-bond acceptors (Lipinski definition) is 3. The lowest BCUT2D eigenvalue weighted by Crippen LogP contribution is -2.30. The Labute approximate surface area is 133 Å². The molecule has 110 valence electrons. The molecule has 0 spiro atoms. The highest BCUT2D eigenvalue weighted by molar-refractivity contribution is 7.08. The van der Waals surface area contributed by atoms with Crippen molar-refractivity contribution in [1.29, 1.82) is 0 Å². The molecule has 1 aliphatic heterocycles. The molecule has 0 aromatic carbocycles. The van der Waals surface area contributed by atoms with Gasteiger partial charge in [-0.15, -0.1) is 0 Å². The first-order valence-corrected chi connectivity index (χ1v) is 8.50. The molecule has 1 aliphatic rings. The van der Waals surface area contributed by atoms with Crippen molar-refractivity contribution in [2.45, 2.75) is 32.2 Å². The zero-order valence-electron chi connectivity index (χ0n) is 11.9. The van der Waals surface area contributed by atoms with Crippen LogP contribution in [0.15, 0.2) is 29.0 Å². The standard InChI is InChI=1S/C16H17ClN2OS/c1-2-13-8-12(9-15(17)18-13)16(20)19-6-3-4-14(19)11-5-7-21-10-11/h5,7-10,14H,2-4,6H2,1H3. The molecule has 0 saturated carbocycles. The van der Waals surface area contributed by atoms with Gasteiger partial charge in [-0.3, -0.25) is 4.79 Å². The zero-order chi connectivity index (χ0) is 14.8. The lowest BCUT2D eigenvalue weighted by molar-refractivity contribution is 0.0735. The van der Waals surface area contributed by atoms with E-state index in [0.717, 1.165) is 31.5 Å². The third-order valence-corrected chi connectivity index (χ3v) is 4.79. The fourth-order valence-electron chi connectivity index (χ4n) is 2.84. The number of aromatic nitrogens is 1. The lowest BCUT2D eigenvalue weighted by atomic mass is 10.1. The van der Waals surface area contributed by atoms with Crippen LogP contribution in [0.25, 0.3) is 0 Å². The first kappa shape index (κ1) is 14.5. The van der Waals surface area contributed by atoms with Crippen LogP contribution in [-0.4, -0.2) is 22.3 Å². The van der Waals surface area contributed by atoms with Gasteiger partial charge in [0.1, 0.15) is 5.15 Å². The minimum absolute atomic E-state index is 0.0581. The van der Waals surface area contributed by atoms with Crippen molar-refractivity contribution in [3.05, 3.63) is 50.9 Å². The molecular weight excluding hydrogens is 304 g/mol. The summed E-state index contributed by atoms with van der Waals surface area (Å²) in [4.78, 5) is 19.0. The van der Waals surface area contributed by atoms with E-state index in [1.165, 1.54) is 5.56 Å². The minimum Gasteiger partial charge on any atom is -0.332 e. The third-order valence-electron chi connectivity index (χ3n) is 3.90. The van der Waals surface area contributed by atoms with Crippen LogP contribution in [-0.2, 0) is 6.42 Å². The number of nitrogens with zero attached hydrogens (tertiary/aromatic N) is 2. The smallest absolute Gasteiger partial charge is 0.254 e. The van der Waals surface area contributed by atoms with Crippen LogP contribution in [0.3, 0.4) is 0 Å². The Kier molecular flexibility index (Phi) is 4.27. The van der Waals surface area contributed by atoms with Crippen molar-refractivity contribution in [2.24, 2.45) is 0 Å². The summed E-state index contributed by atoms with van der Waals surface area (Å²) < 4.78 is 0. The summed E-state index contributed by atoms with van der Waals surface area (Å²) in [6.45, 7) is 2.82. The van der Waals surface area contributed by atoms with Gasteiger partial charge >= 0.3 is 0 Å². The maximum Gasteiger partial charge on any atom is 0.254 e. The molecule has 0 N–H and O–H groups in total. The van der Waals surface area contributed by atoms with E-state index in [1.54, 1.807) is 17.4 Å². The molecule has 2 aromatic rings. The van der Waals surface area contributed by atoms with Gasteiger partial charge in [-0.2, -0.15) is 11.3 Å². The third kappa shape index (κ3) is 2.97. The van der Waals surface area contributed by atoms with Gasteiger partial charge in [0, 0.05) is 17.8 Å². The van der Waals surface area contributed by atoms with E-state index in [0.29, 0.717) is 10.7 Å². The Morgan fingerprint density at radius 1 is 1.52 bits per heavy atom. The van der Waals surface area contributed by atoms with Gasteiger partial charge in [0.2, 0.25) is 0 Å². The van der Waals surface area contributed by atoms with Gasteiger partial charge in [-0.05, 0) is 53.8 Å². The van der Waals surface area contributed by atoms with Gasteiger partial charge < -0.3 is 4.90 Å². The number of rotatable bonds is 3. The van der Waals surface area contributed by atoms with Crippen molar-refractivity contribution in [3.8, 4) is 0 Å². The molecular formula is C16H17ClN2OS. The summed E-state index contributed by atoms with van der Waals surface area (Å²) in [7, 11) is 0. The fraction of sp³-hybridized carbons (Fsp3) is 0.375. The first-order chi connectivity index (χ1) is 10.2. The molecule has 0 bridgehead atoms. The molecule has 2 aromatic heterocycles. The monoisotopic (exact) mass is 320 g/mol. The van der Waals surface area contributed by atoms with Crippen molar-refractivity contribution < 1.29 is 4.79 Å². The number of likely N-dealkylation sites (tertiary alicyclic amines) is 1. The average molecular weight is 321 g/mol. The highest BCUT2D eigenvalue weighted by atomic mass is 35.5. The Bertz CT molecular complexity index is 642. The fourth-order valence-corrected chi connectivity index (χ4v) is 3.78. The molecule has 1 fully saturated rings. The van der Waals surface area contributed by atoms with Gasteiger partial charge in [-0.25, -0.2) is 4.98 Å². The van der Waals surface area contributed by atoms with Gasteiger partial charge in [0.05, 0.1) is 6.04 Å². The van der Waals surface area contributed by atoms with Crippen molar-refractivity contribution in [1.82, 2.24) is 9.88 Å². The largest absolute Gasteiger partial charge is 0.332 e. The molecule has 1 atom stereocenters. The van der Waals surface area contributed by atoms with E-state index >= 15 is 0 Å². The maximum absolute atomic E-state index is 12.8. The normalized spacial score (nSPS) is 18.2. The second kappa shape index (κ2) is 6.16. The Morgan fingerprint density at radius 2 is 2.38 bits per heavy atom. The molecule has 5 heteroatoms. The summed E-state index contributed by atoms with van der Waals surface area (Å²) >= 11 is 7.71. The van der Waals surface area contributed by atoms with Gasteiger partial charge in [-0.1, -0.05) is 18.5 Å². The number of pyridine rings is 1. The van der Waals surface area contributed by atoms with Crippen molar-refractivity contribution in [3.63, 3.8) is 0 Å². The SMILES string of the molecule is CCc1cc(C(=O)N2CCCC2c2ccsc2)cc(Cl)n1. The highest BCUT2D eigenvalue weighted by Crippen LogP contribution is 2.34. The topological polar surface area (TPSA) is 33.2 Å². The van der Waals surface area contributed by atoms with E-state index in [9.17, 15) is 4.79 Å². The van der Waals surface area contributed by atoms with E-state index in [-0.39, 0.29) is 11.9 Å². The second-order valence-electron chi connectivity index (χ2n) is 5.24. The van der Waals surface area contributed by atoms with Gasteiger partial charge in [0.25, 0.3) is 5.91 Å². The van der Waals surface area contributed by atoms with Crippen LogP contribution in [0.4, 0.5) is 0 Å². The summed E-state index contributed by atoms with van der Waals surface area (Å²) in [5, 5.41) is 4.59. The van der Waals surface area contributed by atoms with Crippen molar-refractivity contribution in [2.75, 3.05) is 6.54 Å². The number of halogens is 1. The number of carbonyl (C=O) groups excluding carboxylic acids is 1. The predicted octanol–water partition coefficient (Wildman–Crippen LogP) is 4.34. The van der Waals surface area contributed by atoms with E-state index < -0.39 is 0 Å². The van der Waals surface area contributed by atoms with E-state index in [4.69, 9.17) is 11.6 Å². The summed E-state index contributed by atoms with van der Waals surface area (Å²) in [5.74, 6) is 0.0581. The van der Waals surface area contributed by atoms with E-state index in [1.807, 2.05) is 17.9 Å². The highest BCUT2D eigenvalue weighted by Gasteiger charge is 2.31. The van der Waals surface area contributed by atoms with Crippen LogP contribution < -0.4 is 0 Å².